The normalized spacial score (nSPS) is 11.9. The number of pyridine rings is 1. The Hall–Kier alpha value is -3.28. The van der Waals surface area contributed by atoms with Crippen molar-refractivity contribution < 1.29 is 14.3 Å². The van der Waals surface area contributed by atoms with E-state index >= 15 is 0 Å². The maximum absolute atomic E-state index is 12.7. The molecule has 6 nitrogen and oxygen atoms in total. The Morgan fingerprint density at radius 2 is 1.78 bits per heavy atom. The molecule has 0 saturated heterocycles. The molecule has 1 aromatic heterocycles. The molecule has 0 spiro atoms. The number of para-hydroxylation sites is 1. The zero-order valence-electron chi connectivity index (χ0n) is 15.8. The van der Waals surface area contributed by atoms with Gasteiger partial charge in [-0.05, 0) is 36.8 Å². The number of ether oxygens (including phenoxy) is 2. The second-order valence-corrected chi connectivity index (χ2v) is 6.31. The van der Waals surface area contributed by atoms with Gasteiger partial charge in [-0.1, -0.05) is 18.2 Å². The van der Waals surface area contributed by atoms with Crippen LogP contribution in [0.4, 0.5) is 0 Å². The van der Waals surface area contributed by atoms with Crippen LogP contribution in [0.15, 0.2) is 53.5 Å². The van der Waals surface area contributed by atoms with E-state index in [1.807, 2.05) is 38.2 Å². The van der Waals surface area contributed by atoms with Crippen molar-refractivity contribution in [1.82, 2.24) is 9.88 Å². The second-order valence-electron chi connectivity index (χ2n) is 6.31. The third-order valence-corrected chi connectivity index (χ3v) is 4.60. The molecule has 0 radical (unpaired) electrons. The average molecular weight is 366 g/mol. The molecule has 1 N–H and O–H groups in total. The first-order valence-electron chi connectivity index (χ1n) is 8.57. The number of nitrogens with zero attached hydrogens (tertiary/aromatic N) is 1. The summed E-state index contributed by atoms with van der Waals surface area (Å²) in [6, 6.07) is 12.4. The van der Waals surface area contributed by atoms with Crippen LogP contribution in [0, 0.1) is 0 Å². The third kappa shape index (κ3) is 3.51. The van der Waals surface area contributed by atoms with Crippen LogP contribution in [-0.2, 0) is 7.05 Å². The van der Waals surface area contributed by atoms with Crippen LogP contribution in [0.5, 0.6) is 11.5 Å². The molecule has 1 heterocycles. The summed E-state index contributed by atoms with van der Waals surface area (Å²) < 4.78 is 12.3. The molecule has 3 rings (SSSR count). The van der Waals surface area contributed by atoms with E-state index in [9.17, 15) is 9.59 Å². The van der Waals surface area contributed by atoms with E-state index in [-0.39, 0.29) is 17.0 Å². The van der Waals surface area contributed by atoms with Gasteiger partial charge in [0.25, 0.3) is 5.91 Å². The van der Waals surface area contributed by atoms with Crippen molar-refractivity contribution in [2.45, 2.75) is 13.0 Å². The topological polar surface area (TPSA) is 69.6 Å². The van der Waals surface area contributed by atoms with E-state index < -0.39 is 5.91 Å². The standard InChI is InChI=1S/C21H22N2O4/c1-13(14-9-10-18(26-3)19(11-14)27-4)22-21(25)16-12-23(2)17-8-6-5-7-15(17)20(16)24/h5-13H,1-4H3,(H,22,25)/t13-/m0/s1. The van der Waals surface area contributed by atoms with Crippen molar-refractivity contribution in [3.05, 3.63) is 70.0 Å². The quantitative estimate of drug-likeness (QED) is 0.754. The van der Waals surface area contributed by atoms with E-state index in [2.05, 4.69) is 5.32 Å². The summed E-state index contributed by atoms with van der Waals surface area (Å²) in [6.07, 6.45) is 1.57. The molecule has 140 valence electrons. The molecular weight excluding hydrogens is 344 g/mol. The summed E-state index contributed by atoms with van der Waals surface area (Å²) in [4.78, 5) is 25.5. The van der Waals surface area contributed by atoms with Gasteiger partial charge in [0.2, 0.25) is 5.43 Å². The van der Waals surface area contributed by atoms with Crippen LogP contribution in [0.3, 0.4) is 0 Å². The van der Waals surface area contributed by atoms with E-state index in [1.54, 1.807) is 43.2 Å². The maximum atomic E-state index is 12.7. The van der Waals surface area contributed by atoms with Crippen molar-refractivity contribution in [1.29, 1.82) is 0 Å². The maximum Gasteiger partial charge on any atom is 0.257 e. The molecule has 3 aromatic rings. The molecule has 0 aliphatic rings. The lowest BCUT2D eigenvalue weighted by molar-refractivity contribution is 0.0938. The highest BCUT2D eigenvalue weighted by Gasteiger charge is 2.18. The first-order valence-corrected chi connectivity index (χ1v) is 8.57. The minimum absolute atomic E-state index is 0.114. The SMILES string of the molecule is COc1ccc([C@H](C)NC(=O)c2cn(C)c3ccccc3c2=O)cc1OC. The lowest BCUT2D eigenvalue weighted by Gasteiger charge is -2.17. The van der Waals surface area contributed by atoms with Crippen molar-refractivity contribution in [3.63, 3.8) is 0 Å². The highest BCUT2D eigenvalue weighted by molar-refractivity contribution is 5.97. The van der Waals surface area contributed by atoms with Crippen LogP contribution in [0.1, 0.15) is 28.9 Å². The Morgan fingerprint density at radius 1 is 1.07 bits per heavy atom. The number of rotatable bonds is 5. The number of amides is 1. The summed E-state index contributed by atoms with van der Waals surface area (Å²) in [5.74, 6) is 0.782. The van der Waals surface area contributed by atoms with E-state index in [0.29, 0.717) is 16.9 Å². The van der Waals surface area contributed by atoms with Crippen molar-refractivity contribution >= 4 is 16.8 Å². The Morgan fingerprint density at radius 3 is 2.48 bits per heavy atom. The molecule has 0 saturated carbocycles. The summed E-state index contributed by atoms with van der Waals surface area (Å²) in [5, 5.41) is 3.41. The molecule has 0 aliphatic heterocycles. The van der Waals surface area contributed by atoms with Crippen molar-refractivity contribution in [3.8, 4) is 11.5 Å². The monoisotopic (exact) mass is 366 g/mol. The summed E-state index contributed by atoms with van der Waals surface area (Å²) in [7, 11) is 4.94. The molecule has 2 aromatic carbocycles. The van der Waals surface area contributed by atoms with Crippen LogP contribution in [-0.4, -0.2) is 24.7 Å². The van der Waals surface area contributed by atoms with Crippen LogP contribution in [0.25, 0.3) is 10.9 Å². The summed E-state index contributed by atoms with van der Waals surface area (Å²) in [6.45, 7) is 1.85. The Labute approximate surface area is 157 Å². The number of hydrogen-bond donors (Lipinski definition) is 1. The highest BCUT2D eigenvalue weighted by Crippen LogP contribution is 2.29. The van der Waals surface area contributed by atoms with Crippen LogP contribution < -0.4 is 20.2 Å². The number of carbonyl (C=O) groups excluding carboxylic acids is 1. The molecule has 0 bridgehead atoms. The molecule has 0 aliphatic carbocycles. The predicted octanol–water partition coefficient (Wildman–Crippen LogP) is 3.05. The fraction of sp³-hybridized carbons (Fsp3) is 0.238. The Balaban J connectivity index is 1.90. The minimum Gasteiger partial charge on any atom is -0.493 e. The molecule has 0 unspecified atom stereocenters. The first kappa shape index (κ1) is 18.5. The van der Waals surface area contributed by atoms with Crippen LogP contribution in [0.2, 0.25) is 0 Å². The molecule has 1 atom stereocenters. The lowest BCUT2D eigenvalue weighted by Crippen LogP contribution is -2.31. The van der Waals surface area contributed by atoms with E-state index in [4.69, 9.17) is 9.47 Å². The van der Waals surface area contributed by atoms with Gasteiger partial charge in [0.1, 0.15) is 5.56 Å². The number of carbonyl (C=O) groups is 1. The van der Waals surface area contributed by atoms with Gasteiger partial charge >= 0.3 is 0 Å². The molecule has 27 heavy (non-hydrogen) atoms. The molecular formula is C21H22N2O4. The Kier molecular flexibility index (Phi) is 5.16. The lowest BCUT2D eigenvalue weighted by atomic mass is 10.1. The van der Waals surface area contributed by atoms with Gasteiger partial charge < -0.3 is 19.4 Å². The van der Waals surface area contributed by atoms with Gasteiger partial charge in [0.05, 0.1) is 25.8 Å². The number of fused-ring (bicyclic) bond motifs is 1. The van der Waals surface area contributed by atoms with Gasteiger partial charge in [-0.25, -0.2) is 0 Å². The predicted molar refractivity (Wildman–Crippen MR) is 105 cm³/mol. The first-order chi connectivity index (χ1) is 13.0. The van der Waals surface area contributed by atoms with Crippen molar-refractivity contribution in [2.24, 2.45) is 7.05 Å². The molecule has 0 fully saturated rings. The fourth-order valence-electron chi connectivity index (χ4n) is 3.08. The summed E-state index contributed by atoms with van der Waals surface area (Å²) >= 11 is 0. The van der Waals surface area contributed by atoms with Gasteiger partial charge in [-0.15, -0.1) is 0 Å². The largest absolute Gasteiger partial charge is 0.493 e. The van der Waals surface area contributed by atoms with Gasteiger partial charge in [-0.3, -0.25) is 9.59 Å². The summed E-state index contributed by atoms with van der Waals surface area (Å²) in [5.41, 5.74) is 1.47. The van der Waals surface area contributed by atoms with E-state index in [1.165, 1.54) is 0 Å². The number of methoxy groups -OCH3 is 2. The number of hydrogen-bond acceptors (Lipinski definition) is 4. The second kappa shape index (κ2) is 7.53. The number of aromatic nitrogens is 1. The number of nitrogens with one attached hydrogen (secondary N) is 1. The zero-order valence-corrected chi connectivity index (χ0v) is 15.8. The van der Waals surface area contributed by atoms with E-state index in [0.717, 1.165) is 11.1 Å². The average Bonchev–Trinajstić information content (AvgIpc) is 2.69. The molecule has 1 amide bonds. The highest BCUT2D eigenvalue weighted by atomic mass is 16.5. The van der Waals surface area contributed by atoms with Gasteiger partial charge in [0, 0.05) is 18.6 Å². The third-order valence-electron chi connectivity index (χ3n) is 4.60. The fourth-order valence-corrected chi connectivity index (χ4v) is 3.08. The number of aryl methyl sites for hydroxylation is 1. The minimum atomic E-state index is -0.413. The smallest absolute Gasteiger partial charge is 0.257 e. The van der Waals surface area contributed by atoms with Crippen molar-refractivity contribution in [2.75, 3.05) is 14.2 Å². The van der Waals surface area contributed by atoms with Gasteiger partial charge in [-0.2, -0.15) is 0 Å². The van der Waals surface area contributed by atoms with Crippen LogP contribution >= 0.6 is 0 Å². The Bertz CT molecular complexity index is 1060. The molecule has 6 heteroatoms. The van der Waals surface area contributed by atoms with Gasteiger partial charge in [0.15, 0.2) is 11.5 Å². The zero-order chi connectivity index (χ0) is 19.6. The number of benzene rings is 2.